The van der Waals surface area contributed by atoms with Crippen molar-refractivity contribution < 1.29 is 26.9 Å². The third kappa shape index (κ3) is 5.38. The van der Waals surface area contributed by atoms with Gasteiger partial charge in [-0.05, 0) is 5.92 Å². The lowest BCUT2D eigenvalue weighted by atomic mass is 10.2. The summed E-state index contributed by atoms with van der Waals surface area (Å²) in [6, 6.07) is 0. The van der Waals surface area contributed by atoms with Crippen molar-refractivity contribution in [1.29, 1.82) is 0 Å². The number of alkyl halides is 3. The van der Waals surface area contributed by atoms with Crippen molar-refractivity contribution in [2.45, 2.75) is 13.1 Å². The van der Waals surface area contributed by atoms with Crippen LogP contribution in [-0.4, -0.2) is 52.6 Å². The van der Waals surface area contributed by atoms with Gasteiger partial charge in [-0.1, -0.05) is 6.92 Å². The van der Waals surface area contributed by atoms with Crippen LogP contribution in [0.1, 0.15) is 6.92 Å². The quantitative estimate of drug-likeness (QED) is 0.725. The van der Waals surface area contributed by atoms with E-state index in [1.54, 1.807) is 6.92 Å². The summed E-state index contributed by atoms with van der Waals surface area (Å²) in [5, 5.41) is 0. The maximum Gasteiger partial charge on any atom is 0.422 e. The van der Waals surface area contributed by atoms with E-state index in [2.05, 4.69) is 4.74 Å². The molecule has 4 nitrogen and oxygen atoms in total. The number of nitrogens with zero attached hydrogens (tertiary/aromatic N) is 1. The van der Waals surface area contributed by atoms with Crippen molar-refractivity contribution in [3.63, 3.8) is 0 Å². The molecule has 0 spiro atoms. The molecular formula is C9H14F3NO3S. The Kier molecular flexibility index (Phi) is 4.79. The number of halogens is 3. The Morgan fingerprint density at radius 1 is 1.53 bits per heavy atom. The predicted octanol–water partition coefficient (Wildman–Crippen LogP) is 1.39. The molecule has 100 valence electrons. The van der Waals surface area contributed by atoms with Gasteiger partial charge in [-0.3, -0.25) is 4.21 Å². The summed E-state index contributed by atoms with van der Waals surface area (Å²) in [5.74, 6) is 0.742. The molecule has 1 aliphatic heterocycles. The van der Waals surface area contributed by atoms with E-state index in [0.29, 0.717) is 5.75 Å². The summed E-state index contributed by atoms with van der Waals surface area (Å²) in [4.78, 5) is 12.5. The third-order valence-electron chi connectivity index (χ3n) is 2.21. The van der Waals surface area contributed by atoms with Gasteiger partial charge in [0.1, 0.15) is 0 Å². The van der Waals surface area contributed by atoms with Crippen LogP contribution in [-0.2, 0) is 15.5 Å². The molecule has 0 unspecified atom stereocenters. The molecule has 2 atom stereocenters. The number of carbonyl (C=O) groups is 1. The monoisotopic (exact) mass is 273 g/mol. The van der Waals surface area contributed by atoms with Crippen molar-refractivity contribution in [3.05, 3.63) is 0 Å². The van der Waals surface area contributed by atoms with Gasteiger partial charge >= 0.3 is 12.3 Å². The van der Waals surface area contributed by atoms with Crippen LogP contribution in [0.2, 0.25) is 0 Å². The van der Waals surface area contributed by atoms with Crippen LogP contribution < -0.4 is 0 Å². The van der Waals surface area contributed by atoms with Gasteiger partial charge in [0.25, 0.3) is 0 Å². The average Bonchev–Trinajstić information content (AvgIpc) is 2.35. The molecule has 0 aromatic heterocycles. The van der Waals surface area contributed by atoms with Gasteiger partial charge < -0.3 is 9.64 Å². The van der Waals surface area contributed by atoms with E-state index in [9.17, 15) is 22.2 Å². The molecule has 8 heteroatoms. The van der Waals surface area contributed by atoms with Gasteiger partial charge in [0.05, 0.1) is 0 Å². The van der Waals surface area contributed by atoms with E-state index in [4.69, 9.17) is 0 Å². The number of ether oxygens (including phenoxy) is 1. The minimum absolute atomic E-state index is 0.00299. The molecule has 1 rings (SSSR count). The summed E-state index contributed by atoms with van der Waals surface area (Å²) in [5.41, 5.74) is 0. The molecule has 1 heterocycles. The SMILES string of the molecule is C[C@H]1CN(C(=O)OCC(F)(F)F)CC[S@@](=O)C1. The van der Waals surface area contributed by atoms with Crippen molar-refractivity contribution in [3.8, 4) is 0 Å². The number of carbonyl (C=O) groups excluding carboxylic acids is 1. The molecule has 0 radical (unpaired) electrons. The minimum atomic E-state index is -4.52. The van der Waals surface area contributed by atoms with E-state index in [-0.39, 0.29) is 24.8 Å². The zero-order valence-corrected chi connectivity index (χ0v) is 10.1. The van der Waals surface area contributed by atoms with Crippen LogP contribution in [0.3, 0.4) is 0 Å². The molecule has 0 aromatic rings. The highest BCUT2D eigenvalue weighted by Crippen LogP contribution is 2.16. The first kappa shape index (κ1) is 14.3. The second-order valence-corrected chi connectivity index (χ2v) is 5.65. The van der Waals surface area contributed by atoms with Crippen molar-refractivity contribution in [2.75, 3.05) is 31.2 Å². The zero-order valence-electron chi connectivity index (χ0n) is 9.33. The molecule has 17 heavy (non-hydrogen) atoms. The lowest BCUT2D eigenvalue weighted by Gasteiger charge is -2.21. The van der Waals surface area contributed by atoms with Crippen molar-refractivity contribution in [1.82, 2.24) is 4.90 Å². The molecule has 0 aliphatic carbocycles. The highest BCUT2D eigenvalue weighted by molar-refractivity contribution is 7.85. The van der Waals surface area contributed by atoms with E-state index < -0.39 is 29.7 Å². The van der Waals surface area contributed by atoms with Gasteiger partial charge in [-0.2, -0.15) is 13.2 Å². The second-order valence-electron chi connectivity index (χ2n) is 4.03. The van der Waals surface area contributed by atoms with Crippen LogP contribution in [0.15, 0.2) is 0 Å². The second kappa shape index (κ2) is 5.70. The predicted molar refractivity (Wildman–Crippen MR) is 56.0 cm³/mol. The van der Waals surface area contributed by atoms with E-state index in [1.807, 2.05) is 0 Å². The average molecular weight is 273 g/mol. The van der Waals surface area contributed by atoms with Crippen LogP contribution in [0.4, 0.5) is 18.0 Å². The van der Waals surface area contributed by atoms with Gasteiger partial charge in [-0.15, -0.1) is 0 Å². The van der Waals surface area contributed by atoms with Gasteiger partial charge in [0, 0.05) is 35.4 Å². The van der Waals surface area contributed by atoms with Crippen molar-refractivity contribution >= 4 is 16.9 Å². The van der Waals surface area contributed by atoms with Crippen LogP contribution >= 0.6 is 0 Å². The van der Waals surface area contributed by atoms with E-state index in [0.717, 1.165) is 0 Å². The number of hydrogen-bond donors (Lipinski definition) is 0. The normalized spacial score (nSPS) is 26.5. The molecule has 1 fully saturated rings. The largest absolute Gasteiger partial charge is 0.440 e. The number of rotatable bonds is 1. The lowest BCUT2D eigenvalue weighted by Crippen LogP contribution is -2.37. The maximum absolute atomic E-state index is 11.9. The molecule has 1 aliphatic rings. The van der Waals surface area contributed by atoms with Gasteiger partial charge in [0.2, 0.25) is 0 Å². The summed E-state index contributed by atoms with van der Waals surface area (Å²) >= 11 is 0. The van der Waals surface area contributed by atoms with E-state index >= 15 is 0 Å². The minimum Gasteiger partial charge on any atom is -0.440 e. The molecule has 0 aromatic carbocycles. The molecule has 0 bridgehead atoms. The topological polar surface area (TPSA) is 46.6 Å². The van der Waals surface area contributed by atoms with Gasteiger partial charge in [0.15, 0.2) is 6.61 Å². The van der Waals surface area contributed by atoms with Crippen molar-refractivity contribution in [2.24, 2.45) is 5.92 Å². The molecule has 1 amide bonds. The third-order valence-corrected chi connectivity index (χ3v) is 3.79. The zero-order chi connectivity index (χ0) is 13.1. The Balaban J connectivity index is 2.48. The van der Waals surface area contributed by atoms with Gasteiger partial charge in [-0.25, -0.2) is 4.79 Å². The Morgan fingerprint density at radius 3 is 2.76 bits per heavy atom. The fraction of sp³-hybridized carbons (Fsp3) is 0.889. The summed E-state index contributed by atoms with van der Waals surface area (Å²) in [6.45, 7) is 0.670. The maximum atomic E-state index is 11.9. The summed E-state index contributed by atoms with van der Waals surface area (Å²) in [6.07, 6.45) is -5.51. The summed E-state index contributed by atoms with van der Waals surface area (Å²) in [7, 11) is -1.02. The first-order valence-electron chi connectivity index (χ1n) is 5.11. The Morgan fingerprint density at radius 2 is 2.18 bits per heavy atom. The number of amides is 1. The Labute approximate surface area is 99.6 Å². The Hall–Kier alpha value is -0.790. The standard InChI is InChI=1S/C9H14F3NO3S/c1-7-4-13(2-3-17(15)5-7)8(14)16-6-9(10,11)12/h7H,2-6H2,1H3/t7-,17+/m0/s1. The van der Waals surface area contributed by atoms with Crippen LogP contribution in [0.25, 0.3) is 0 Å². The molecular weight excluding hydrogens is 259 g/mol. The highest BCUT2D eigenvalue weighted by atomic mass is 32.2. The van der Waals surface area contributed by atoms with Crippen LogP contribution in [0.5, 0.6) is 0 Å². The molecule has 1 saturated heterocycles. The van der Waals surface area contributed by atoms with E-state index in [1.165, 1.54) is 4.90 Å². The highest BCUT2D eigenvalue weighted by Gasteiger charge is 2.31. The first-order valence-corrected chi connectivity index (χ1v) is 6.60. The first-order chi connectivity index (χ1) is 7.78. The molecule has 0 saturated carbocycles. The Bertz CT molecular complexity index is 308. The fourth-order valence-electron chi connectivity index (χ4n) is 1.53. The fourth-order valence-corrected chi connectivity index (χ4v) is 2.86. The summed E-state index contributed by atoms with van der Waals surface area (Å²) < 4.78 is 51.1. The number of hydrogen-bond acceptors (Lipinski definition) is 3. The molecule has 0 N–H and O–H groups in total. The smallest absolute Gasteiger partial charge is 0.422 e. The van der Waals surface area contributed by atoms with Crippen LogP contribution in [0, 0.1) is 5.92 Å². The lowest BCUT2D eigenvalue weighted by molar-refractivity contribution is -0.162.